The van der Waals surface area contributed by atoms with Crippen molar-refractivity contribution >= 4 is 5.91 Å². The Bertz CT molecular complexity index is 1360. The van der Waals surface area contributed by atoms with Crippen molar-refractivity contribution in [2.24, 2.45) is 0 Å². The van der Waals surface area contributed by atoms with Gasteiger partial charge in [-0.2, -0.15) is 0 Å². The number of halogens is 2. The topological polar surface area (TPSA) is 110 Å². The molecule has 0 bridgehead atoms. The van der Waals surface area contributed by atoms with Crippen LogP contribution in [0, 0.1) is 11.8 Å². The highest BCUT2D eigenvalue weighted by atomic mass is 19.3. The second-order valence-electron chi connectivity index (χ2n) is 9.34. The first-order valence-electron chi connectivity index (χ1n) is 12.8. The Balaban J connectivity index is 1.40. The lowest BCUT2D eigenvalue weighted by Crippen LogP contribution is -2.44. The molecule has 4 rings (SSSR count). The molecule has 39 heavy (non-hydrogen) atoms. The molecule has 2 aromatic carbocycles. The summed E-state index contributed by atoms with van der Waals surface area (Å²) < 4.78 is 25.3. The predicted molar refractivity (Wildman–Crippen MR) is 144 cm³/mol. The summed E-state index contributed by atoms with van der Waals surface area (Å²) in [4.78, 5) is 33.1. The normalized spacial score (nSPS) is 14.4. The summed E-state index contributed by atoms with van der Waals surface area (Å²) in [6, 6.07) is 15.4. The van der Waals surface area contributed by atoms with E-state index in [9.17, 15) is 23.5 Å². The molecule has 1 aliphatic heterocycles. The summed E-state index contributed by atoms with van der Waals surface area (Å²) in [5.41, 5.74) is 2.63. The van der Waals surface area contributed by atoms with Gasteiger partial charge in [-0.05, 0) is 48.2 Å². The first kappa shape index (κ1) is 28.0. The molecule has 4 N–H and O–H groups in total. The van der Waals surface area contributed by atoms with Gasteiger partial charge in [0.2, 0.25) is 11.7 Å². The number of hydrogen-bond donors (Lipinski definition) is 4. The van der Waals surface area contributed by atoms with Crippen molar-refractivity contribution in [1.82, 2.24) is 25.5 Å². The van der Waals surface area contributed by atoms with Gasteiger partial charge < -0.3 is 25.6 Å². The van der Waals surface area contributed by atoms with Crippen LogP contribution in [0.4, 0.5) is 8.78 Å². The smallest absolute Gasteiger partial charge is 0.293 e. The maximum absolute atomic E-state index is 12.7. The van der Waals surface area contributed by atoms with E-state index < -0.39 is 36.1 Å². The number of H-pyrrole nitrogens is 1. The largest absolute Gasteiger partial charge is 0.502 e. The van der Waals surface area contributed by atoms with Crippen molar-refractivity contribution in [2.45, 2.75) is 25.2 Å². The quantitative estimate of drug-likeness (QED) is 0.312. The molecule has 1 saturated heterocycles. The molecule has 204 valence electrons. The van der Waals surface area contributed by atoms with Crippen molar-refractivity contribution < 1.29 is 18.7 Å². The Morgan fingerprint density at radius 3 is 2.26 bits per heavy atom. The minimum absolute atomic E-state index is 0.0438. The monoisotopic (exact) mass is 535 g/mol. The molecular formula is C29H31F2N5O3. The van der Waals surface area contributed by atoms with Gasteiger partial charge in [0.15, 0.2) is 0 Å². The molecule has 2 heterocycles. The Hall–Kier alpha value is -4.07. The zero-order valence-electron chi connectivity index (χ0n) is 21.4. The van der Waals surface area contributed by atoms with E-state index in [1.807, 2.05) is 12.1 Å². The fourth-order valence-electron chi connectivity index (χ4n) is 4.36. The highest BCUT2D eigenvalue weighted by molar-refractivity contribution is 5.84. The van der Waals surface area contributed by atoms with Crippen LogP contribution in [0.3, 0.4) is 0 Å². The molecule has 0 radical (unpaired) electrons. The number of aromatic nitrogens is 2. The number of alkyl halides is 2. The molecule has 8 nitrogen and oxygen atoms in total. The van der Waals surface area contributed by atoms with Crippen LogP contribution in [0.5, 0.6) is 5.75 Å². The molecule has 1 amide bonds. The lowest BCUT2D eigenvalue weighted by molar-refractivity contribution is -0.123. The highest BCUT2D eigenvalue weighted by Crippen LogP contribution is 2.24. The summed E-state index contributed by atoms with van der Waals surface area (Å²) >= 11 is 0. The maximum Gasteiger partial charge on any atom is 0.293 e. The van der Waals surface area contributed by atoms with Gasteiger partial charge in [-0.25, -0.2) is 13.8 Å². The maximum atomic E-state index is 12.7. The van der Waals surface area contributed by atoms with Crippen LogP contribution in [0.1, 0.15) is 33.9 Å². The average molecular weight is 536 g/mol. The lowest BCUT2D eigenvalue weighted by Gasteiger charge is -2.27. The molecule has 3 aromatic rings. The molecule has 1 aliphatic rings. The van der Waals surface area contributed by atoms with Gasteiger partial charge in [-0.15, -0.1) is 0 Å². The minimum Gasteiger partial charge on any atom is -0.502 e. The summed E-state index contributed by atoms with van der Waals surface area (Å²) in [5, 5.41) is 15.7. The van der Waals surface area contributed by atoms with E-state index in [4.69, 9.17) is 0 Å². The van der Waals surface area contributed by atoms with Gasteiger partial charge >= 0.3 is 0 Å². The zero-order chi connectivity index (χ0) is 27.6. The number of carbonyl (C=O) groups excluding carboxylic acids is 1. The number of nitrogens with one attached hydrogen (secondary N) is 3. The van der Waals surface area contributed by atoms with Crippen molar-refractivity contribution in [3.8, 4) is 17.6 Å². The second kappa shape index (κ2) is 13.6. The fourth-order valence-corrected chi connectivity index (χ4v) is 4.36. The van der Waals surface area contributed by atoms with E-state index >= 15 is 0 Å². The number of nitrogens with zero attached hydrogens (tertiary/aromatic N) is 2. The number of rotatable bonds is 9. The molecule has 1 unspecified atom stereocenters. The number of amides is 1. The van der Waals surface area contributed by atoms with Crippen molar-refractivity contribution in [1.29, 1.82) is 0 Å². The Labute approximate surface area is 225 Å². The van der Waals surface area contributed by atoms with Gasteiger partial charge in [0.25, 0.3) is 12.0 Å². The van der Waals surface area contributed by atoms with Gasteiger partial charge in [0, 0.05) is 43.9 Å². The first-order chi connectivity index (χ1) is 18.9. The summed E-state index contributed by atoms with van der Waals surface area (Å²) in [6.45, 7) is 4.46. The molecular weight excluding hydrogens is 504 g/mol. The fraction of sp³-hybridized carbons (Fsp3) is 0.345. The van der Waals surface area contributed by atoms with Crippen molar-refractivity contribution in [3.05, 3.63) is 93.2 Å². The molecule has 1 aromatic heterocycles. The minimum atomic E-state index is -2.73. The first-order valence-corrected chi connectivity index (χ1v) is 12.8. The van der Waals surface area contributed by atoms with Crippen LogP contribution >= 0.6 is 0 Å². The van der Waals surface area contributed by atoms with E-state index in [2.05, 4.69) is 49.5 Å². The lowest BCUT2D eigenvalue weighted by atomic mass is 9.94. The predicted octanol–water partition coefficient (Wildman–Crippen LogP) is 2.03. The van der Waals surface area contributed by atoms with Crippen LogP contribution in [-0.2, 0) is 17.6 Å². The summed E-state index contributed by atoms with van der Waals surface area (Å²) in [5.74, 6) is 3.67. The third-order valence-corrected chi connectivity index (χ3v) is 6.56. The van der Waals surface area contributed by atoms with Crippen LogP contribution in [0.2, 0.25) is 0 Å². The highest BCUT2D eigenvalue weighted by Gasteiger charge is 2.27. The zero-order valence-corrected chi connectivity index (χ0v) is 21.4. The van der Waals surface area contributed by atoms with Gasteiger partial charge in [0.1, 0.15) is 5.69 Å². The molecule has 0 saturated carbocycles. The van der Waals surface area contributed by atoms with Crippen molar-refractivity contribution in [2.75, 3.05) is 39.3 Å². The van der Waals surface area contributed by atoms with Gasteiger partial charge in [-0.3, -0.25) is 9.59 Å². The molecule has 0 spiro atoms. The van der Waals surface area contributed by atoms with E-state index in [1.54, 1.807) is 24.3 Å². The summed E-state index contributed by atoms with van der Waals surface area (Å²) in [7, 11) is 0. The number of carbonyl (C=O) groups is 1. The standard InChI is InChI=1S/C29H31F2N5O3/c30-25(31)18-33-28(38)24(26-27(37)29(39)35-19-34-26)17-23-9-7-21(8-10-23)2-1-20-3-5-22(6-4-20)11-14-36-15-12-32-13-16-36/h3-10,19,24-25,32,37H,11-18H2,(H,33,38)(H,34,35,39). The van der Waals surface area contributed by atoms with Gasteiger partial charge in [-0.1, -0.05) is 36.1 Å². The summed E-state index contributed by atoms with van der Waals surface area (Å²) in [6.07, 6.45) is -0.632. The van der Waals surface area contributed by atoms with Crippen molar-refractivity contribution in [3.63, 3.8) is 0 Å². The molecule has 10 heteroatoms. The SMILES string of the molecule is O=C(NCC(F)F)C(Cc1ccc(C#Cc2ccc(CCN3CCNCC3)cc2)cc1)c1nc[nH]c(=O)c1O. The average Bonchev–Trinajstić information content (AvgIpc) is 2.96. The Morgan fingerprint density at radius 1 is 1.03 bits per heavy atom. The third-order valence-electron chi connectivity index (χ3n) is 6.56. The van der Waals surface area contributed by atoms with E-state index in [1.165, 1.54) is 5.56 Å². The number of hydrogen-bond acceptors (Lipinski definition) is 6. The Morgan fingerprint density at radius 2 is 1.64 bits per heavy atom. The van der Waals surface area contributed by atoms with Crippen LogP contribution in [0.15, 0.2) is 59.7 Å². The third kappa shape index (κ3) is 8.21. The Kier molecular flexibility index (Phi) is 9.78. The number of aromatic hydroxyl groups is 1. The number of aromatic amines is 1. The number of piperazine rings is 1. The molecule has 0 aliphatic carbocycles. The van der Waals surface area contributed by atoms with E-state index in [0.29, 0.717) is 5.56 Å². The molecule has 1 atom stereocenters. The van der Waals surface area contributed by atoms with Crippen LogP contribution in [-0.4, -0.2) is 71.6 Å². The van der Waals surface area contributed by atoms with Gasteiger partial charge in [0.05, 0.1) is 18.8 Å². The molecule has 1 fully saturated rings. The van der Waals surface area contributed by atoms with E-state index in [0.717, 1.165) is 56.6 Å². The van der Waals surface area contributed by atoms with Crippen LogP contribution in [0.25, 0.3) is 0 Å². The van der Waals surface area contributed by atoms with E-state index in [-0.39, 0.29) is 12.1 Å². The number of benzene rings is 2. The second-order valence-corrected chi connectivity index (χ2v) is 9.34. The van der Waals surface area contributed by atoms with Crippen LogP contribution < -0.4 is 16.2 Å².